The summed E-state index contributed by atoms with van der Waals surface area (Å²) in [7, 11) is 0. The third-order valence-electron chi connectivity index (χ3n) is 5.11. The van der Waals surface area contributed by atoms with Crippen molar-refractivity contribution in [1.29, 1.82) is 0 Å². The summed E-state index contributed by atoms with van der Waals surface area (Å²) in [4.78, 5) is 24.5. The van der Waals surface area contributed by atoms with Crippen molar-refractivity contribution in [3.05, 3.63) is 0 Å². The fraction of sp³-hybridized carbons (Fsp3) is 0.895. The minimum Gasteiger partial charge on any atom is -0.466 e. The summed E-state index contributed by atoms with van der Waals surface area (Å²) in [6, 6.07) is -0.774. The molecule has 4 N–H and O–H groups in total. The van der Waals surface area contributed by atoms with Crippen LogP contribution < -0.4 is 11.1 Å². The number of aliphatic hydroxyl groups excluding tert-OH is 1. The molecule has 152 valence electrons. The Kier molecular flexibility index (Phi) is 8.34. The molecular weight excluding hydrogens is 336 g/mol. The van der Waals surface area contributed by atoms with Gasteiger partial charge in [0.05, 0.1) is 18.6 Å². The monoisotopic (exact) mass is 372 g/mol. The largest absolute Gasteiger partial charge is 0.466 e. The highest BCUT2D eigenvalue weighted by Gasteiger charge is 2.50. The molecule has 0 aromatic carbocycles. The molecule has 26 heavy (non-hydrogen) atoms. The smallest absolute Gasteiger partial charge is 0.407 e. The van der Waals surface area contributed by atoms with E-state index in [4.69, 9.17) is 15.2 Å². The second-order valence-corrected chi connectivity index (χ2v) is 8.07. The molecule has 1 rings (SSSR count). The topological polar surface area (TPSA) is 111 Å². The van der Waals surface area contributed by atoms with Crippen LogP contribution in [-0.2, 0) is 14.3 Å². The van der Waals surface area contributed by atoms with E-state index in [1.165, 1.54) is 0 Å². The van der Waals surface area contributed by atoms with Crippen LogP contribution in [0, 0.1) is 17.8 Å². The average Bonchev–Trinajstić information content (AvgIpc) is 2.83. The highest BCUT2D eigenvalue weighted by molar-refractivity contribution is 5.74. The van der Waals surface area contributed by atoms with Crippen molar-refractivity contribution in [3.8, 4) is 0 Å². The summed E-state index contributed by atoms with van der Waals surface area (Å²) in [5, 5.41) is 13.6. The number of rotatable bonds is 7. The van der Waals surface area contributed by atoms with E-state index in [0.29, 0.717) is 0 Å². The highest BCUT2D eigenvalue weighted by atomic mass is 16.6. The summed E-state index contributed by atoms with van der Waals surface area (Å²) in [5.41, 5.74) is 5.83. The maximum absolute atomic E-state index is 12.2. The van der Waals surface area contributed by atoms with Gasteiger partial charge in [-0.25, -0.2) is 4.79 Å². The van der Waals surface area contributed by atoms with E-state index in [9.17, 15) is 14.7 Å². The first-order valence-electron chi connectivity index (χ1n) is 9.65. The number of carbonyl (C=O) groups excluding carboxylic acids is 2. The van der Waals surface area contributed by atoms with Gasteiger partial charge in [0.15, 0.2) is 0 Å². The number of nitrogens with one attached hydrogen (secondary N) is 1. The van der Waals surface area contributed by atoms with Gasteiger partial charge in [-0.05, 0) is 40.0 Å². The van der Waals surface area contributed by atoms with Gasteiger partial charge >= 0.3 is 12.1 Å². The summed E-state index contributed by atoms with van der Waals surface area (Å²) < 4.78 is 10.4. The Hall–Kier alpha value is -1.34. The summed E-state index contributed by atoms with van der Waals surface area (Å²) in [5.74, 6) is -1.38. The van der Waals surface area contributed by atoms with E-state index in [1.807, 2.05) is 0 Å². The predicted octanol–water partition coefficient (Wildman–Crippen LogP) is 2.20. The highest BCUT2D eigenvalue weighted by Crippen LogP contribution is 2.37. The Morgan fingerprint density at radius 2 is 1.81 bits per heavy atom. The molecule has 1 fully saturated rings. The molecule has 0 bridgehead atoms. The third-order valence-corrected chi connectivity index (χ3v) is 5.11. The van der Waals surface area contributed by atoms with Crippen LogP contribution in [0.2, 0.25) is 0 Å². The molecule has 0 radical (unpaired) electrons. The van der Waals surface area contributed by atoms with Crippen molar-refractivity contribution in [1.82, 2.24) is 5.32 Å². The van der Waals surface area contributed by atoms with Crippen molar-refractivity contribution in [2.24, 2.45) is 23.5 Å². The predicted molar refractivity (Wildman–Crippen MR) is 99.4 cm³/mol. The Bertz CT molecular complexity index is 473. The van der Waals surface area contributed by atoms with Crippen molar-refractivity contribution < 1.29 is 24.2 Å². The fourth-order valence-electron chi connectivity index (χ4n) is 3.82. The van der Waals surface area contributed by atoms with Gasteiger partial charge in [-0.2, -0.15) is 0 Å². The molecule has 1 saturated carbocycles. The number of amides is 1. The Balaban J connectivity index is 3.01. The standard InChI is InChI=1S/C19H36N2O5/c1-7-11(8-2)15(20)14-13(21-18(24)26-19(4,5)6)10-12(16(14)22)17(23)25-9-3/h11-16,22H,7-10,20H2,1-6H3,(H,21,24). The number of nitrogens with two attached hydrogens (primary N) is 1. The van der Waals surface area contributed by atoms with E-state index >= 15 is 0 Å². The number of aliphatic hydroxyl groups is 1. The molecule has 1 amide bonds. The maximum Gasteiger partial charge on any atom is 0.407 e. The van der Waals surface area contributed by atoms with Crippen LogP contribution in [-0.4, -0.2) is 47.6 Å². The van der Waals surface area contributed by atoms with Crippen LogP contribution in [0.15, 0.2) is 0 Å². The Morgan fingerprint density at radius 3 is 2.27 bits per heavy atom. The van der Waals surface area contributed by atoms with E-state index in [0.717, 1.165) is 12.8 Å². The lowest BCUT2D eigenvalue weighted by Crippen LogP contribution is -2.51. The van der Waals surface area contributed by atoms with Crippen LogP contribution in [0.3, 0.4) is 0 Å². The Morgan fingerprint density at radius 1 is 1.23 bits per heavy atom. The number of hydrogen-bond donors (Lipinski definition) is 3. The number of alkyl carbamates (subject to hydrolysis) is 1. The van der Waals surface area contributed by atoms with Gasteiger partial charge in [0.25, 0.3) is 0 Å². The molecule has 5 unspecified atom stereocenters. The normalized spacial score (nSPS) is 27.3. The molecule has 0 aromatic rings. The number of carbonyl (C=O) groups is 2. The van der Waals surface area contributed by atoms with Crippen molar-refractivity contribution >= 4 is 12.1 Å². The second-order valence-electron chi connectivity index (χ2n) is 8.07. The van der Waals surface area contributed by atoms with Gasteiger partial charge in [-0.15, -0.1) is 0 Å². The molecule has 5 atom stereocenters. The minimum atomic E-state index is -0.954. The van der Waals surface area contributed by atoms with Crippen LogP contribution in [0.1, 0.15) is 60.8 Å². The van der Waals surface area contributed by atoms with E-state index in [2.05, 4.69) is 19.2 Å². The molecule has 7 heteroatoms. The molecule has 7 nitrogen and oxygen atoms in total. The van der Waals surface area contributed by atoms with Gasteiger partial charge < -0.3 is 25.6 Å². The first-order valence-corrected chi connectivity index (χ1v) is 9.65. The SMILES string of the molecule is CCOC(=O)C1CC(NC(=O)OC(C)(C)C)C(C(N)C(CC)CC)C1O. The third kappa shape index (κ3) is 5.84. The summed E-state index contributed by atoms with van der Waals surface area (Å²) in [6.45, 7) is 11.4. The van der Waals surface area contributed by atoms with Crippen LogP contribution in [0.4, 0.5) is 4.79 Å². The number of hydrogen-bond acceptors (Lipinski definition) is 6. The van der Waals surface area contributed by atoms with Gasteiger partial charge in [-0.3, -0.25) is 4.79 Å². The average molecular weight is 373 g/mol. The van der Waals surface area contributed by atoms with Crippen LogP contribution in [0.25, 0.3) is 0 Å². The minimum absolute atomic E-state index is 0.193. The first-order chi connectivity index (χ1) is 12.1. The molecule has 0 aromatic heterocycles. The maximum atomic E-state index is 12.2. The van der Waals surface area contributed by atoms with Crippen LogP contribution >= 0.6 is 0 Å². The summed E-state index contributed by atoms with van der Waals surface area (Å²) in [6.07, 6.45) is 0.497. The molecule has 0 spiro atoms. The first kappa shape index (κ1) is 22.7. The van der Waals surface area contributed by atoms with Crippen molar-refractivity contribution in [3.63, 3.8) is 0 Å². The van der Waals surface area contributed by atoms with Crippen molar-refractivity contribution in [2.45, 2.75) is 84.6 Å². The van der Waals surface area contributed by atoms with E-state index in [1.54, 1.807) is 27.7 Å². The zero-order chi connectivity index (χ0) is 20.1. The zero-order valence-corrected chi connectivity index (χ0v) is 17.0. The van der Waals surface area contributed by atoms with Gasteiger partial charge in [0.2, 0.25) is 0 Å². The fourth-order valence-corrected chi connectivity index (χ4v) is 3.82. The molecular formula is C19H36N2O5. The summed E-state index contributed by atoms with van der Waals surface area (Å²) >= 11 is 0. The van der Waals surface area contributed by atoms with Gasteiger partial charge in [0, 0.05) is 18.0 Å². The molecule has 0 aliphatic heterocycles. The van der Waals surface area contributed by atoms with E-state index in [-0.39, 0.29) is 25.0 Å². The van der Waals surface area contributed by atoms with Gasteiger partial charge in [-0.1, -0.05) is 26.7 Å². The molecule has 0 saturated heterocycles. The number of ether oxygens (including phenoxy) is 2. The van der Waals surface area contributed by atoms with Crippen molar-refractivity contribution in [2.75, 3.05) is 6.61 Å². The lowest BCUT2D eigenvalue weighted by molar-refractivity contribution is -0.151. The zero-order valence-electron chi connectivity index (χ0n) is 17.0. The second kappa shape index (κ2) is 9.55. The molecule has 1 aliphatic carbocycles. The number of esters is 1. The molecule has 1 aliphatic rings. The van der Waals surface area contributed by atoms with E-state index < -0.39 is 41.6 Å². The lowest BCUT2D eigenvalue weighted by Gasteiger charge is -2.34. The van der Waals surface area contributed by atoms with Gasteiger partial charge in [0.1, 0.15) is 5.60 Å². The quantitative estimate of drug-likeness (QED) is 0.591. The Labute approximate surface area is 157 Å². The lowest BCUT2D eigenvalue weighted by atomic mass is 9.81. The van der Waals surface area contributed by atoms with Crippen LogP contribution in [0.5, 0.6) is 0 Å². The molecule has 0 heterocycles.